The summed E-state index contributed by atoms with van der Waals surface area (Å²) in [6.45, 7) is -0.0256. The van der Waals surface area contributed by atoms with Crippen molar-refractivity contribution in [2.75, 3.05) is 13.3 Å². The van der Waals surface area contributed by atoms with Crippen LogP contribution < -0.4 is 16.2 Å². The molecule has 0 aliphatic rings. The lowest BCUT2D eigenvalue weighted by molar-refractivity contribution is -0.119. The van der Waals surface area contributed by atoms with Crippen LogP contribution in [0.15, 0.2) is 24.3 Å². The van der Waals surface area contributed by atoms with Gasteiger partial charge in [0.1, 0.15) is 5.75 Å². The summed E-state index contributed by atoms with van der Waals surface area (Å²) >= 11 is 0. The molecule has 0 aliphatic heterocycles. The molecule has 4 nitrogen and oxygen atoms in total. The van der Waals surface area contributed by atoms with Crippen molar-refractivity contribution < 1.29 is 13.9 Å². The van der Waals surface area contributed by atoms with E-state index in [0.717, 1.165) is 5.56 Å². The lowest BCUT2D eigenvalue weighted by Gasteiger charge is -2.09. The second kappa shape index (κ2) is 8.72. The molecule has 0 aromatic heterocycles. The van der Waals surface area contributed by atoms with Gasteiger partial charge < -0.3 is 16.2 Å². The van der Waals surface area contributed by atoms with Crippen LogP contribution in [0.2, 0.25) is 0 Å². The third-order valence-electron chi connectivity index (χ3n) is 2.29. The van der Waals surface area contributed by atoms with Gasteiger partial charge in [-0.25, -0.2) is 0 Å². The van der Waals surface area contributed by atoms with Crippen LogP contribution in [0.25, 0.3) is 0 Å². The van der Waals surface area contributed by atoms with E-state index in [1.54, 1.807) is 12.1 Å². The Morgan fingerprint density at radius 3 is 2.44 bits per heavy atom. The number of carbonyl (C=O) groups excluding carboxylic acids is 1. The summed E-state index contributed by atoms with van der Waals surface area (Å²) in [5.41, 5.74) is 11.5. The van der Waals surface area contributed by atoms with Crippen molar-refractivity contribution in [3.8, 4) is 5.75 Å². The number of halogens is 2. The summed E-state index contributed by atoms with van der Waals surface area (Å²) in [4.78, 5) is 10.8. The third-order valence-corrected chi connectivity index (χ3v) is 2.29. The number of hydrogen-bond acceptors (Lipinski definition) is 3. The molecule has 0 saturated carbocycles. The van der Waals surface area contributed by atoms with Gasteiger partial charge in [0, 0.05) is 6.42 Å². The van der Waals surface area contributed by atoms with E-state index in [2.05, 4.69) is 0 Å². The second-order valence-electron chi connectivity index (χ2n) is 3.75. The third kappa shape index (κ3) is 5.84. The van der Waals surface area contributed by atoms with Crippen LogP contribution in [-0.4, -0.2) is 25.2 Å². The maximum Gasteiger partial charge on any atom is 0.234 e. The van der Waals surface area contributed by atoms with E-state index in [0.29, 0.717) is 25.2 Å². The van der Waals surface area contributed by atoms with E-state index in [1.165, 1.54) is 0 Å². The van der Waals surface area contributed by atoms with E-state index >= 15 is 0 Å². The van der Waals surface area contributed by atoms with Crippen LogP contribution in [0, 0.1) is 0 Å². The highest BCUT2D eigenvalue weighted by atomic mass is 35.5. The highest BCUT2D eigenvalue weighted by Gasteiger charge is 2.09. The van der Waals surface area contributed by atoms with Crippen LogP contribution in [0.1, 0.15) is 12.0 Å². The number of amides is 1. The molecule has 4 N–H and O–H groups in total. The number of rotatable bonds is 7. The molecule has 102 valence electrons. The first-order chi connectivity index (χ1) is 8.13. The van der Waals surface area contributed by atoms with Crippen LogP contribution in [0.4, 0.5) is 4.39 Å². The topological polar surface area (TPSA) is 78.3 Å². The average Bonchev–Trinajstić information content (AvgIpc) is 2.31. The Balaban J connectivity index is 0.00000289. The molecule has 0 spiro atoms. The number of nitrogens with two attached hydrogens (primary N) is 2. The quantitative estimate of drug-likeness (QED) is 0.735. The summed E-state index contributed by atoms with van der Waals surface area (Å²) in [5, 5.41) is 0. The molecule has 0 heterocycles. The van der Waals surface area contributed by atoms with Crippen molar-refractivity contribution in [3.05, 3.63) is 29.8 Å². The molecule has 18 heavy (non-hydrogen) atoms. The summed E-state index contributed by atoms with van der Waals surface area (Å²) < 4.78 is 17.1. The van der Waals surface area contributed by atoms with Gasteiger partial charge in [0.15, 0.2) is 0 Å². The Labute approximate surface area is 112 Å². The van der Waals surface area contributed by atoms with Gasteiger partial charge >= 0.3 is 0 Å². The molecule has 0 radical (unpaired) electrons. The molecule has 1 rings (SSSR count). The highest BCUT2D eigenvalue weighted by Crippen LogP contribution is 2.13. The molecular weight excluding hydrogens is 259 g/mol. The smallest absolute Gasteiger partial charge is 0.234 e. The van der Waals surface area contributed by atoms with Crippen molar-refractivity contribution in [3.63, 3.8) is 0 Å². The Morgan fingerprint density at radius 2 is 1.94 bits per heavy atom. The largest absolute Gasteiger partial charge is 0.494 e. The first-order valence-corrected chi connectivity index (χ1v) is 5.46. The molecule has 1 unspecified atom stereocenters. The fourth-order valence-corrected chi connectivity index (χ4v) is 1.32. The fourth-order valence-electron chi connectivity index (χ4n) is 1.32. The van der Waals surface area contributed by atoms with Crippen molar-refractivity contribution in [1.29, 1.82) is 0 Å². The van der Waals surface area contributed by atoms with Gasteiger partial charge in [0.2, 0.25) is 5.91 Å². The molecule has 1 aromatic rings. The van der Waals surface area contributed by atoms with Crippen LogP contribution in [0.5, 0.6) is 5.75 Å². The second-order valence-corrected chi connectivity index (χ2v) is 3.75. The molecule has 0 aliphatic carbocycles. The van der Waals surface area contributed by atoms with Gasteiger partial charge in [-0.15, -0.1) is 12.4 Å². The van der Waals surface area contributed by atoms with Crippen molar-refractivity contribution >= 4 is 18.3 Å². The molecule has 1 aromatic carbocycles. The number of ether oxygens (including phenoxy) is 1. The van der Waals surface area contributed by atoms with Crippen LogP contribution in [0.3, 0.4) is 0 Å². The molecular formula is C12H18ClFN2O2. The summed E-state index contributed by atoms with van der Waals surface area (Å²) in [6.07, 6.45) is 0.786. The highest BCUT2D eigenvalue weighted by molar-refractivity contribution is 5.85. The zero-order valence-electron chi connectivity index (χ0n) is 9.97. The maximum absolute atomic E-state index is 11.8. The summed E-state index contributed by atoms with van der Waals surface area (Å²) in [6, 6.07) is 6.48. The Hall–Kier alpha value is -1.33. The minimum Gasteiger partial charge on any atom is -0.494 e. The standard InChI is InChI=1S/C12H17FN2O2.ClH/c13-6-1-7-17-10-4-2-9(3-5-10)8-11(14)12(15)16;/h2-5,11H,1,6-8,14H2,(H2,15,16);1H. The predicted molar refractivity (Wildman–Crippen MR) is 70.7 cm³/mol. The van der Waals surface area contributed by atoms with Gasteiger partial charge in [-0.2, -0.15) is 0 Å². The van der Waals surface area contributed by atoms with Crippen molar-refractivity contribution in [2.45, 2.75) is 18.9 Å². The number of carbonyl (C=O) groups is 1. The van der Waals surface area contributed by atoms with E-state index in [4.69, 9.17) is 16.2 Å². The average molecular weight is 277 g/mol. The molecule has 6 heteroatoms. The van der Waals surface area contributed by atoms with Gasteiger partial charge in [-0.05, 0) is 24.1 Å². The minimum absolute atomic E-state index is 0. The number of hydrogen-bond donors (Lipinski definition) is 2. The van der Waals surface area contributed by atoms with Gasteiger partial charge in [-0.3, -0.25) is 9.18 Å². The molecule has 0 bridgehead atoms. The Morgan fingerprint density at radius 1 is 1.33 bits per heavy atom. The first kappa shape index (κ1) is 16.7. The predicted octanol–water partition coefficient (Wildman–Crippen LogP) is 1.20. The zero-order valence-corrected chi connectivity index (χ0v) is 10.8. The van der Waals surface area contributed by atoms with Gasteiger partial charge in [-0.1, -0.05) is 12.1 Å². The van der Waals surface area contributed by atoms with Crippen LogP contribution in [-0.2, 0) is 11.2 Å². The molecule has 1 atom stereocenters. The molecule has 1 amide bonds. The van der Waals surface area contributed by atoms with Crippen molar-refractivity contribution in [2.24, 2.45) is 11.5 Å². The van der Waals surface area contributed by atoms with Gasteiger partial charge in [0.05, 0.1) is 19.3 Å². The molecule has 0 fully saturated rings. The monoisotopic (exact) mass is 276 g/mol. The van der Waals surface area contributed by atoms with Crippen molar-refractivity contribution in [1.82, 2.24) is 0 Å². The number of alkyl halides is 1. The zero-order chi connectivity index (χ0) is 12.7. The fraction of sp³-hybridized carbons (Fsp3) is 0.417. The molecule has 0 saturated heterocycles. The van der Waals surface area contributed by atoms with E-state index in [-0.39, 0.29) is 19.1 Å². The summed E-state index contributed by atoms with van der Waals surface area (Å²) in [5.74, 6) is 0.156. The normalized spacial score (nSPS) is 11.4. The lowest BCUT2D eigenvalue weighted by atomic mass is 10.1. The summed E-state index contributed by atoms with van der Waals surface area (Å²) in [7, 11) is 0. The van der Waals surface area contributed by atoms with E-state index in [1.807, 2.05) is 12.1 Å². The van der Waals surface area contributed by atoms with E-state index < -0.39 is 11.9 Å². The number of benzene rings is 1. The lowest BCUT2D eigenvalue weighted by Crippen LogP contribution is -2.38. The Kier molecular flexibility index (Phi) is 8.07. The number of primary amides is 1. The first-order valence-electron chi connectivity index (χ1n) is 5.46. The SMILES string of the molecule is Cl.NC(=O)C(N)Cc1ccc(OCCCF)cc1. The minimum atomic E-state index is -0.673. The van der Waals surface area contributed by atoms with Gasteiger partial charge in [0.25, 0.3) is 0 Å². The van der Waals surface area contributed by atoms with Crippen LogP contribution >= 0.6 is 12.4 Å². The Bertz CT molecular complexity index is 360. The van der Waals surface area contributed by atoms with E-state index in [9.17, 15) is 9.18 Å². The maximum atomic E-state index is 11.8.